The third-order valence-electron chi connectivity index (χ3n) is 4.28. The molecule has 0 aliphatic heterocycles. The van der Waals surface area contributed by atoms with Crippen molar-refractivity contribution in [3.63, 3.8) is 0 Å². The van der Waals surface area contributed by atoms with Crippen molar-refractivity contribution >= 4 is 22.9 Å². The lowest BCUT2D eigenvalue weighted by atomic mass is 10.2. The molecule has 0 saturated carbocycles. The van der Waals surface area contributed by atoms with Gasteiger partial charge in [-0.1, -0.05) is 30.3 Å². The molecule has 1 amide bonds. The number of thiazole rings is 1. The lowest BCUT2D eigenvalue weighted by molar-refractivity contribution is 0.102. The molecule has 1 aromatic heterocycles. The predicted molar refractivity (Wildman–Crippen MR) is 113 cm³/mol. The van der Waals surface area contributed by atoms with Gasteiger partial charge in [-0.3, -0.25) is 4.79 Å². The standard InChI is InChI=1S/C23H16F2N2O2S/c24-16-10-11-19(25)15(12-16)13-29-21-9-5-4-8-18(21)23-27-20(14-30-23)22(28)26-17-6-2-1-3-7-17/h1-12,14H,13H2,(H,26,28). The molecule has 4 rings (SSSR count). The third kappa shape index (κ3) is 4.52. The van der Waals surface area contributed by atoms with E-state index in [1.54, 1.807) is 35.7 Å². The molecule has 4 nitrogen and oxygen atoms in total. The van der Waals surface area contributed by atoms with Gasteiger partial charge in [0.15, 0.2) is 0 Å². The van der Waals surface area contributed by atoms with Gasteiger partial charge in [0, 0.05) is 16.6 Å². The van der Waals surface area contributed by atoms with Crippen LogP contribution in [0.5, 0.6) is 5.75 Å². The first-order valence-electron chi connectivity index (χ1n) is 9.08. The minimum absolute atomic E-state index is 0.117. The van der Waals surface area contributed by atoms with Gasteiger partial charge in [0.2, 0.25) is 0 Å². The number of nitrogens with one attached hydrogen (secondary N) is 1. The van der Waals surface area contributed by atoms with Crippen LogP contribution < -0.4 is 10.1 Å². The van der Waals surface area contributed by atoms with Gasteiger partial charge >= 0.3 is 0 Å². The topological polar surface area (TPSA) is 51.2 Å². The van der Waals surface area contributed by atoms with Gasteiger partial charge in [-0.2, -0.15) is 0 Å². The van der Waals surface area contributed by atoms with Crippen molar-refractivity contribution in [1.29, 1.82) is 0 Å². The molecule has 0 spiro atoms. The van der Waals surface area contributed by atoms with Crippen molar-refractivity contribution in [2.45, 2.75) is 6.61 Å². The summed E-state index contributed by atoms with van der Waals surface area (Å²) >= 11 is 1.30. The summed E-state index contributed by atoms with van der Waals surface area (Å²) in [6, 6.07) is 19.5. The molecule has 0 atom stereocenters. The lowest BCUT2D eigenvalue weighted by Crippen LogP contribution is -2.12. The number of anilines is 1. The molecule has 150 valence electrons. The van der Waals surface area contributed by atoms with Crippen LogP contribution in [0.15, 0.2) is 78.2 Å². The number of aromatic nitrogens is 1. The van der Waals surface area contributed by atoms with Gasteiger partial charge in [0.25, 0.3) is 5.91 Å². The molecule has 0 radical (unpaired) electrons. The van der Waals surface area contributed by atoms with Crippen molar-refractivity contribution < 1.29 is 18.3 Å². The molecular formula is C23H16F2N2O2S. The van der Waals surface area contributed by atoms with E-state index in [2.05, 4.69) is 10.3 Å². The molecule has 1 N–H and O–H groups in total. The smallest absolute Gasteiger partial charge is 0.275 e. The maximum absolute atomic E-state index is 13.9. The highest BCUT2D eigenvalue weighted by atomic mass is 32.1. The van der Waals surface area contributed by atoms with Crippen molar-refractivity contribution in [1.82, 2.24) is 4.98 Å². The number of ether oxygens (including phenoxy) is 1. The first-order valence-corrected chi connectivity index (χ1v) is 9.96. The Morgan fingerprint density at radius 1 is 1.00 bits per heavy atom. The largest absolute Gasteiger partial charge is 0.488 e. The summed E-state index contributed by atoms with van der Waals surface area (Å²) in [5.74, 6) is -0.922. The SMILES string of the molecule is O=C(Nc1ccccc1)c1csc(-c2ccccc2OCc2cc(F)ccc2F)n1. The average Bonchev–Trinajstić information content (AvgIpc) is 3.26. The molecule has 3 aromatic carbocycles. The van der Waals surface area contributed by atoms with Crippen LogP contribution in [-0.2, 0) is 6.61 Å². The molecule has 0 unspecified atom stereocenters. The minimum atomic E-state index is -0.539. The van der Waals surface area contributed by atoms with Crippen molar-refractivity contribution in [3.8, 4) is 16.3 Å². The second-order valence-electron chi connectivity index (χ2n) is 6.38. The van der Waals surface area contributed by atoms with Crippen LogP contribution in [0.1, 0.15) is 16.1 Å². The normalized spacial score (nSPS) is 10.6. The van der Waals surface area contributed by atoms with Crippen LogP contribution in [0, 0.1) is 11.6 Å². The van der Waals surface area contributed by atoms with Gasteiger partial charge in [-0.05, 0) is 42.5 Å². The first-order chi connectivity index (χ1) is 14.6. The molecule has 1 heterocycles. The first kappa shape index (κ1) is 19.7. The lowest BCUT2D eigenvalue weighted by Gasteiger charge is -2.10. The van der Waals surface area contributed by atoms with Gasteiger partial charge < -0.3 is 10.1 Å². The van der Waals surface area contributed by atoms with Gasteiger partial charge in [0.05, 0.1) is 5.56 Å². The maximum Gasteiger partial charge on any atom is 0.275 e. The Labute approximate surface area is 175 Å². The van der Waals surface area contributed by atoms with Crippen molar-refractivity contribution in [3.05, 3.63) is 101 Å². The number of benzene rings is 3. The Morgan fingerprint density at radius 2 is 1.77 bits per heavy atom. The number of hydrogen-bond donors (Lipinski definition) is 1. The summed E-state index contributed by atoms with van der Waals surface area (Å²) in [4.78, 5) is 16.9. The maximum atomic E-state index is 13.9. The zero-order valence-corrected chi connectivity index (χ0v) is 16.5. The summed E-state index contributed by atoms with van der Waals surface area (Å²) in [7, 11) is 0. The Bertz CT molecular complexity index is 1180. The van der Waals surface area contributed by atoms with Crippen LogP contribution >= 0.6 is 11.3 Å². The fourth-order valence-corrected chi connectivity index (χ4v) is 3.63. The monoisotopic (exact) mass is 422 g/mol. The summed E-state index contributed by atoms with van der Waals surface area (Å²) in [5.41, 5.74) is 1.74. The van der Waals surface area contributed by atoms with Crippen molar-refractivity contribution in [2.75, 3.05) is 5.32 Å². The van der Waals surface area contributed by atoms with E-state index >= 15 is 0 Å². The predicted octanol–water partition coefficient (Wildman–Crippen LogP) is 5.92. The average molecular weight is 422 g/mol. The van der Waals surface area contributed by atoms with E-state index in [-0.39, 0.29) is 23.8 Å². The number of rotatable bonds is 6. The summed E-state index contributed by atoms with van der Waals surface area (Å²) < 4.78 is 33.0. The highest BCUT2D eigenvalue weighted by Crippen LogP contribution is 2.33. The molecule has 0 fully saturated rings. The summed E-state index contributed by atoms with van der Waals surface area (Å²) in [6.07, 6.45) is 0. The molecule has 7 heteroatoms. The summed E-state index contributed by atoms with van der Waals surface area (Å²) in [6.45, 7) is -0.132. The van der Waals surface area contributed by atoms with Gasteiger partial charge in [-0.15, -0.1) is 11.3 Å². The molecule has 0 aliphatic rings. The molecule has 4 aromatic rings. The Balaban J connectivity index is 1.52. The van der Waals surface area contributed by atoms with Crippen LogP contribution in [-0.4, -0.2) is 10.9 Å². The van der Waals surface area contributed by atoms with Crippen molar-refractivity contribution in [2.24, 2.45) is 0 Å². The Hall–Kier alpha value is -3.58. The Kier molecular flexibility index (Phi) is 5.81. The third-order valence-corrected chi connectivity index (χ3v) is 5.15. The second-order valence-corrected chi connectivity index (χ2v) is 7.24. The van der Waals surface area contributed by atoms with Crippen LogP contribution in [0.25, 0.3) is 10.6 Å². The minimum Gasteiger partial charge on any atom is -0.488 e. The Morgan fingerprint density at radius 3 is 2.60 bits per heavy atom. The van der Waals surface area contributed by atoms with E-state index in [0.717, 1.165) is 18.2 Å². The second kappa shape index (κ2) is 8.84. The zero-order chi connectivity index (χ0) is 20.9. The van der Waals surface area contributed by atoms with Crippen LogP contribution in [0.2, 0.25) is 0 Å². The number of para-hydroxylation sites is 2. The number of hydrogen-bond acceptors (Lipinski definition) is 4. The number of carbonyl (C=O) groups excluding carboxylic acids is 1. The highest BCUT2D eigenvalue weighted by Gasteiger charge is 2.15. The van der Waals surface area contributed by atoms with E-state index < -0.39 is 11.6 Å². The molecular weight excluding hydrogens is 406 g/mol. The number of amides is 1. The van der Waals surface area contributed by atoms with E-state index in [9.17, 15) is 13.6 Å². The summed E-state index contributed by atoms with van der Waals surface area (Å²) in [5, 5.41) is 5.04. The van der Waals surface area contributed by atoms with E-state index in [4.69, 9.17) is 4.74 Å². The zero-order valence-electron chi connectivity index (χ0n) is 15.6. The molecule has 30 heavy (non-hydrogen) atoms. The molecule has 0 aliphatic carbocycles. The fourth-order valence-electron chi connectivity index (χ4n) is 2.80. The van der Waals surface area contributed by atoms with E-state index in [1.165, 1.54) is 11.3 Å². The van der Waals surface area contributed by atoms with E-state index in [1.807, 2.05) is 24.3 Å². The molecule has 0 saturated heterocycles. The van der Waals surface area contributed by atoms with Crippen LogP contribution in [0.3, 0.4) is 0 Å². The van der Waals surface area contributed by atoms with Gasteiger partial charge in [-0.25, -0.2) is 13.8 Å². The van der Waals surface area contributed by atoms with Crippen LogP contribution in [0.4, 0.5) is 14.5 Å². The fraction of sp³-hybridized carbons (Fsp3) is 0.0435. The molecule has 0 bridgehead atoms. The number of nitrogens with zero attached hydrogens (tertiary/aromatic N) is 1. The highest BCUT2D eigenvalue weighted by molar-refractivity contribution is 7.13. The number of halogens is 2. The van der Waals surface area contributed by atoms with E-state index in [0.29, 0.717) is 22.0 Å². The van der Waals surface area contributed by atoms with Gasteiger partial charge in [0.1, 0.15) is 34.7 Å². The number of carbonyl (C=O) groups is 1. The quantitative estimate of drug-likeness (QED) is 0.420.